The average molecular weight is 653 g/mol. The monoisotopic (exact) mass is 652 g/mol. The minimum atomic E-state index is -0.371. The number of para-hydroxylation sites is 3. The van der Waals surface area contributed by atoms with Crippen LogP contribution >= 0.6 is 0 Å². The summed E-state index contributed by atoms with van der Waals surface area (Å²) in [5.41, 5.74) is 12.5. The van der Waals surface area contributed by atoms with Crippen molar-refractivity contribution >= 4 is 38.8 Å². The molecule has 6 nitrogen and oxygen atoms in total. The van der Waals surface area contributed by atoms with Crippen LogP contribution < -0.4 is 5.32 Å². The molecule has 6 heteroatoms. The van der Waals surface area contributed by atoms with E-state index < -0.39 is 0 Å². The van der Waals surface area contributed by atoms with Crippen LogP contribution in [0, 0.1) is 34.0 Å². The molecule has 2 aromatic heterocycles. The molecule has 51 heavy (non-hydrogen) atoms. The third-order valence-electron chi connectivity index (χ3n) is 9.93. The number of nitrogens with one attached hydrogen (secondary N) is 1. The van der Waals surface area contributed by atoms with Crippen molar-refractivity contribution < 1.29 is 0 Å². The Morgan fingerprint density at radius 1 is 0.569 bits per heavy atom. The van der Waals surface area contributed by atoms with Crippen molar-refractivity contribution in [2.75, 3.05) is 0 Å². The van der Waals surface area contributed by atoms with Gasteiger partial charge < -0.3 is 9.13 Å². The smallest absolute Gasteiger partial charge is 0.115 e. The lowest BCUT2D eigenvalue weighted by Gasteiger charge is -2.18. The minimum absolute atomic E-state index is 0.371. The maximum absolute atomic E-state index is 9.99. The second-order valence-corrected chi connectivity index (χ2v) is 12.7. The number of nitriles is 3. The van der Waals surface area contributed by atoms with Crippen LogP contribution in [0.1, 0.15) is 22.4 Å². The van der Waals surface area contributed by atoms with Crippen LogP contribution in [0.15, 0.2) is 140 Å². The predicted molar refractivity (Wildman–Crippen MR) is 203 cm³/mol. The zero-order chi connectivity index (χ0) is 34.5. The van der Waals surface area contributed by atoms with Crippen molar-refractivity contribution in [3.05, 3.63) is 162 Å². The fourth-order valence-corrected chi connectivity index (χ4v) is 7.60. The Morgan fingerprint density at radius 3 is 2.02 bits per heavy atom. The van der Waals surface area contributed by atoms with E-state index in [0.29, 0.717) is 17.7 Å². The van der Waals surface area contributed by atoms with Crippen molar-refractivity contribution in [3.63, 3.8) is 0 Å². The van der Waals surface area contributed by atoms with Crippen molar-refractivity contribution in [1.82, 2.24) is 14.5 Å². The van der Waals surface area contributed by atoms with E-state index in [1.165, 1.54) is 0 Å². The van der Waals surface area contributed by atoms with Gasteiger partial charge in [0.15, 0.2) is 0 Å². The largest absolute Gasteiger partial charge is 0.309 e. The first kappa shape index (κ1) is 29.9. The van der Waals surface area contributed by atoms with E-state index in [-0.39, 0.29) is 6.04 Å². The summed E-state index contributed by atoms with van der Waals surface area (Å²) in [5.74, 6) is 0. The summed E-state index contributed by atoms with van der Waals surface area (Å²) in [5, 5.41) is 36.1. The Morgan fingerprint density at radius 2 is 1.24 bits per heavy atom. The molecule has 9 rings (SSSR count). The van der Waals surface area contributed by atoms with Gasteiger partial charge in [0.05, 0.1) is 57.3 Å². The van der Waals surface area contributed by atoms with Crippen molar-refractivity contribution in [2.24, 2.45) is 0 Å². The lowest BCUT2D eigenvalue weighted by atomic mass is 9.91. The fourth-order valence-electron chi connectivity index (χ4n) is 7.60. The number of hydrogen-bond donors (Lipinski definition) is 1. The minimum Gasteiger partial charge on any atom is -0.309 e. The molecular formula is C45H28N6. The van der Waals surface area contributed by atoms with E-state index >= 15 is 0 Å². The molecule has 0 radical (unpaired) electrons. The fraction of sp³-hybridized carbons (Fsp3) is 0.0444. The molecule has 1 aliphatic heterocycles. The third kappa shape index (κ3) is 4.81. The first-order valence-corrected chi connectivity index (χ1v) is 16.8. The van der Waals surface area contributed by atoms with E-state index in [1.54, 1.807) is 0 Å². The first-order chi connectivity index (χ1) is 25.2. The number of hydrogen-bond acceptors (Lipinski definition) is 4. The Kier molecular flexibility index (Phi) is 7.08. The molecule has 1 unspecified atom stereocenters. The highest BCUT2D eigenvalue weighted by Gasteiger charge is 2.23. The van der Waals surface area contributed by atoms with Gasteiger partial charge in [-0.3, -0.25) is 5.32 Å². The van der Waals surface area contributed by atoms with Gasteiger partial charge in [-0.2, -0.15) is 15.8 Å². The molecule has 0 spiro atoms. The van der Waals surface area contributed by atoms with Crippen LogP contribution in [0.4, 0.5) is 0 Å². The summed E-state index contributed by atoms with van der Waals surface area (Å²) in [7, 11) is 0. The van der Waals surface area contributed by atoms with Gasteiger partial charge in [-0.05, 0) is 82.9 Å². The van der Waals surface area contributed by atoms with Gasteiger partial charge in [-0.15, -0.1) is 0 Å². The van der Waals surface area contributed by atoms with Crippen molar-refractivity contribution in [2.45, 2.75) is 12.6 Å². The standard InChI is InChI=1S/C45H28N6/c46-25-29-13-20-34(35-7-1-5-11-42(35)51-43-12-6-3-9-37(43)40-28-49-32(27-48)17-22-44(40)51)39(23-29)31-15-18-33(19-16-31)50-41-10-4-2-8-36(41)38-21-14-30(26-47)24-45(38)50/h1-24,32,49H,28H2. The van der Waals surface area contributed by atoms with E-state index in [4.69, 9.17) is 0 Å². The van der Waals surface area contributed by atoms with Gasteiger partial charge in [0.1, 0.15) is 6.04 Å². The van der Waals surface area contributed by atoms with E-state index in [9.17, 15) is 15.8 Å². The van der Waals surface area contributed by atoms with Gasteiger partial charge in [0.2, 0.25) is 0 Å². The van der Waals surface area contributed by atoms with E-state index in [1.807, 2.05) is 54.6 Å². The van der Waals surface area contributed by atoms with Gasteiger partial charge >= 0.3 is 0 Å². The molecule has 1 aliphatic rings. The van der Waals surface area contributed by atoms with Crippen LogP contribution in [0.3, 0.4) is 0 Å². The summed E-state index contributed by atoms with van der Waals surface area (Å²) in [6.07, 6.45) is 3.99. The average Bonchev–Trinajstić information content (AvgIpc) is 3.59. The summed E-state index contributed by atoms with van der Waals surface area (Å²) < 4.78 is 4.50. The van der Waals surface area contributed by atoms with Gasteiger partial charge in [-0.25, -0.2) is 0 Å². The third-order valence-corrected chi connectivity index (χ3v) is 9.93. The molecule has 0 aliphatic carbocycles. The quantitative estimate of drug-likeness (QED) is 0.205. The summed E-state index contributed by atoms with van der Waals surface area (Å²) >= 11 is 0. The number of fused-ring (bicyclic) bond motifs is 6. The zero-order valence-corrected chi connectivity index (χ0v) is 27.4. The van der Waals surface area contributed by atoms with E-state index in [2.05, 4.69) is 124 Å². The normalized spacial score (nSPS) is 13.8. The highest BCUT2D eigenvalue weighted by Crippen LogP contribution is 2.41. The second kappa shape index (κ2) is 12.1. The number of aromatic nitrogens is 2. The second-order valence-electron chi connectivity index (χ2n) is 12.7. The van der Waals surface area contributed by atoms with Crippen molar-refractivity contribution in [3.8, 4) is 51.8 Å². The lowest BCUT2D eigenvalue weighted by molar-refractivity contribution is 0.692. The molecule has 0 saturated heterocycles. The SMILES string of the molecule is N#Cc1ccc(-c2ccccc2-n2c3c(c4ccccc42)CNC(C#N)C=C3)c(-c2ccc(-n3c4ccccc4c4ccc(C#N)cc43)cc2)c1. The Bertz CT molecular complexity index is 2850. The molecule has 0 amide bonds. The maximum Gasteiger partial charge on any atom is 0.115 e. The predicted octanol–water partition coefficient (Wildman–Crippen LogP) is 9.81. The van der Waals surface area contributed by atoms with Crippen LogP contribution in [0.5, 0.6) is 0 Å². The first-order valence-electron chi connectivity index (χ1n) is 16.8. The van der Waals surface area contributed by atoms with Gasteiger partial charge in [0.25, 0.3) is 0 Å². The van der Waals surface area contributed by atoms with Crippen molar-refractivity contribution in [1.29, 1.82) is 15.8 Å². The molecule has 1 atom stereocenters. The molecule has 6 aromatic carbocycles. The Hall–Kier alpha value is -7.17. The van der Waals surface area contributed by atoms with Crippen LogP contribution in [-0.2, 0) is 6.54 Å². The maximum atomic E-state index is 9.99. The molecule has 1 N–H and O–H groups in total. The Labute approximate surface area is 294 Å². The number of nitrogens with zero attached hydrogens (tertiary/aromatic N) is 5. The molecule has 0 saturated carbocycles. The molecule has 0 bridgehead atoms. The van der Waals surface area contributed by atoms with E-state index in [0.717, 1.165) is 77.6 Å². The van der Waals surface area contributed by atoms with Gasteiger partial charge in [0, 0.05) is 34.0 Å². The topological polar surface area (TPSA) is 93.3 Å². The lowest BCUT2D eigenvalue weighted by Crippen LogP contribution is -2.23. The van der Waals surface area contributed by atoms with Crippen LogP contribution in [0.25, 0.3) is 72.4 Å². The van der Waals surface area contributed by atoms with Crippen LogP contribution in [0.2, 0.25) is 0 Å². The summed E-state index contributed by atoms with van der Waals surface area (Å²) in [6, 6.07) is 51.9. The van der Waals surface area contributed by atoms with Gasteiger partial charge in [-0.1, -0.05) is 84.9 Å². The number of rotatable bonds is 4. The summed E-state index contributed by atoms with van der Waals surface area (Å²) in [4.78, 5) is 0. The molecule has 8 aromatic rings. The molecule has 238 valence electrons. The molecule has 3 heterocycles. The highest BCUT2D eigenvalue weighted by atomic mass is 15.0. The van der Waals surface area contributed by atoms with Crippen LogP contribution in [-0.4, -0.2) is 15.2 Å². The molecule has 0 fully saturated rings. The highest BCUT2D eigenvalue weighted by molar-refractivity contribution is 6.09. The summed E-state index contributed by atoms with van der Waals surface area (Å²) in [6.45, 7) is 0.578. The zero-order valence-electron chi connectivity index (χ0n) is 27.4. The Balaban J connectivity index is 1.22. The number of benzene rings is 6. The molecular weight excluding hydrogens is 625 g/mol.